The van der Waals surface area contributed by atoms with Crippen LogP contribution in [0.4, 0.5) is 0 Å². The second-order valence-electron chi connectivity index (χ2n) is 6.98. The minimum Gasteiger partial charge on any atom is -0.478 e. The molecule has 136 valence electrons. The molecule has 1 saturated heterocycles. The van der Waals surface area contributed by atoms with Gasteiger partial charge in [0.25, 0.3) is 0 Å². The molecule has 2 aromatic rings. The Morgan fingerprint density at radius 3 is 2.54 bits per heavy atom. The van der Waals surface area contributed by atoms with Gasteiger partial charge in [-0.05, 0) is 55.4 Å². The lowest BCUT2D eigenvalue weighted by Gasteiger charge is -2.32. The van der Waals surface area contributed by atoms with Crippen molar-refractivity contribution in [2.24, 2.45) is 5.92 Å². The van der Waals surface area contributed by atoms with Crippen LogP contribution < -0.4 is 0 Å². The Morgan fingerprint density at radius 1 is 1.15 bits per heavy atom. The Hall–Kier alpha value is -2.69. The molecule has 5 nitrogen and oxygen atoms in total. The summed E-state index contributed by atoms with van der Waals surface area (Å²) in [5.41, 5.74) is 3.16. The van der Waals surface area contributed by atoms with Crippen LogP contribution in [0.3, 0.4) is 0 Å². The van der Waals surface area contributed by atoms with Crippen LogP contribution in [0.2, 0.25) is 0 Å². The standard InChI is InChI=1S/C21H24N2O3/c1-15-6-7-17(14-22-15)13-20(24)23-10-8-16(9-11-23)12-18-4-2-3-5-19(18)21(25)26/h2-7,14,16H,8-13H2,1H3,(H,25,26). The van der Waals surface area contributed by atoms with E-state index in [-0.39, 0.29) is 5.91 Å². The molecule has 1 aromatic carbocycles. The van der Waals surface area contributed by atoms with E-state index in [1.54, 1.807) is 18.3 Å². The van der Waals surface area contributed by atoms with Gasteiger partial charge in [0.2, 0.25) is 5.91 Å². The highest BCUT2D eigenvalue weighted by molar-refractivity contribution is 5.89. The number of carbonyl (C=O) groups excluding carboxylic acids is 1. The first-order chi connectivity index (χ1) is 12.5. The molecule has 26 heavy (non-hydrogen) atoms. The summed E-state index contributed by atoms with van der Waals surface area (Å²) in [7, 11) is 0. The molecule has 2 heterocycles. The topological polar surface area (TPSA) is 70.5 Å². The van der Waals surface area contributed by atoms with Gasteiger partial charge in [-0.15, -0.1) is 0 Å². The number of aromatic nitrogens is 1. The van der Waals surface area contributed by atoms with Gasteiger partial charge in [0.1, 0.15) is 0 Å². The maximum atomic E-state index is 12.5. The lowest BCUT2D eigenvalue weighted by molar-refractivity contribution is -0.131. The van der Waals surface area contributed by atoms with Crippen molar-refractivity contribution >= 4 is 11.9 Å². The first-order valence-electron chi connectivity index (χ1n) is 9.03. The van der Waals surface area contributed by atoms with Crippen molar-refractivity contribution in [3.63, 3.8) is 0 Å². The van der Waals surface area contributed by atoms with Gasteiger partial charge in [0.15, 0.2) is 0 Å². The van der Waals surface area contributed by atoms with E-state index >= 15 is 0 Å². The minimum atomic E-state index is -0.875. The Bertz CT molecular complexity index is 778. The number of hydrogen-bond donors (Lipinski definition) is 1. The number of benzene rings is 1. The molecule has 0 bridgehead atoms. The average molecular weight is 352 g/mol. The highest BCUT2D eigenvalue weighted by atomic mass is 16.4. The highest BCUT2D eigenvalue weighted by Crippen LogP contribution is 2.24. The summed E-state index contributed by atoms with van der Waals surface area (Å²) in [5, 5.41) is 9.31. The fourth-order valence-electron chi connectivity index (χ4n) is 3.49. The molecule has 1 amide bonds. The number of piperidine rings is 1. The highest BCUT2D eigenvalue weighted by Gasteiger charge is 2.24. The van der Waals surface area contributed by atoms with Gasteiger partial charge in [0, 0.05) is 25.0 Å². The van der Waals surface area contributed by atoms with E-state index in [2.05, 4.69) is 4.98 Å². The molecule has 0 radical (unpaired) electrons. The van der Waals surface area contributed by atoms with Gasteiger partial charge in [-0.25, -0.2) is 4.79 Å². The Labute approximate surface area is 153 Å². The zero-order valence-corrected chi connectivity index (χ0v) is 15.0. The summed E-state index contributed by atoms with van der Waals surface area (Å²) < 4.78 is 0. The molecule has 1 aliphatic heterocycles. The Balaban J connectivity index is 1.53. The molecule has 0 unspecified atom stereocenters. The fourth-order valence-corrected chi connectivity index (χ4v) is 3.49. The number of rotatable bonds is 5. The van der Waals surface area contributed by atoms with Crippen LogP contribution in [-0.4, -0.2) is 40.0 Å². The number of hydrogen-bond acceptors (Lipinski definition) is 3. The van der Waals surface area contributed by atoms with E-state index in [0.29, 0.717) is 17.9 Å². The first-order valence-corrected chi connectivity index (χ1v) is 9.03. The van der Waals surface area contributed by atoms with Crippen LogP contribution in [0.1, 0.15) is 40.0 Å². The third kappa shape index (κ3) is 4.48. The smallest absolute Gasteiger partial charge is 0.335 e. The molecule has 0 aliphatic carbocycles. The number of likely N-dealkylation sites (tertiary alicyclic amines) is 1. The van der Waals surface area contributed by atoms with Gasteiger partial charge in [-0.3, -0.25) is 9.78 Å². The van der Waals surface area contributed by atoms with Crippen LogP contribution in [-0.2, 0) is 17.6 Å². The molecule has 5 heteroatoms. The van der Waals surface area contributed by atoms with Gasteiger partial charge in [-0.2, -0.15) is 0 Å². The molecule has 0 saturated carbocycles. The van der Waals surface area contributed by atoms with E-state index in [4.69, 9.17) is 0 Å². The van der Waals surface area contributed by atoms with Crippen molar-refractivity contribution in [1.29, 1.82) is 0 Å². The predicted molar refractivity (Wildman–Crippen MR) is 99.1 cm³/mol. The lowest BCUT2D eigenvalue weighted by atomic mass is 9.88. The third-order valence-corrected chi connectivity index (χ3v) is 5.05. The van der Waals surface area contributed by atoms with Crippen LogP contribution in [0, 0.1) is 12.8 Å². The van der Waals surface area contributed by atoms with Crippen molar-refractivity contribution in [3.05, 3.63) is 65.0 Å². The van der Waals surface area contributed by atoms with E-state index < -0.39 is 5.97 Å². The number of aryl methyl sites for hydroxylation is 1. The second kappa shape index (κ2) is 8.13. The van der Waals surface area contributed by atoms with Crippen molar-refractivity contribution < 1.29 is 14.7 Å². The Kier molecular flexibility index (Phi) is 5.66. The van der Waals surface area contributed by atoms with Crippen molar-refractivity contribution in [2.75, 3.05) is 13.1 Å². The monoisotopic (exact) mass is 352 g/mol. The summed E-state index contributed by atoms with van der Waals surface area (Å²) in [6.45, 7) is 3.40. The normalized spacial score (nSPS) is 15.0. The third-order valence-electron chi connectivity index (χ3n) is 5.05. The maximum Gasteiger partial charge on any atom is 0.335 e. The van der Waals surface area contributed by atoms with Gasteiger partial charge < -0.3 is 10.0 Å². The minimum absolute atomic E-state index is 0.139. The quantitative estimate of drug-likeness (QED) is 0.897. The van der Waals surface area contributed by atoms with Crippen LogP contribution >= 0.6 is 0 Å². The SMILES string of the molecule is Cc1ccc(CC(=O)N2CCC(Cc3ccccc3C(=O)O)CC2)cn1. The summed E-state index contributed by atoms with van der Waals surface area (Å²) in [6.07, 6.45) is 4.73. The van der Waals surface area contributed by atoms with Crippen molar-refractivity contribution in [2.45, 2.75) is 32.6 Å². The lowest BCUT2D eigenvalue weighted by Crippen LogP contribution is -2.39. The van der Waals surface area contributed by atoms with E-state index in [0.717, 1.165) is 49.2 Å². The molecule has 0 spiro atoms. The van der Waals surface area contributed by atoms with Crippen LogP contribution in [0.25, 0.3) is 0 Å². The molecule has 1 N–H and O–H groups in total. The summed E-state index contributed by atoms with van der Waals surface area (Å²) in [4.78, 5) is 30.0. The first kappa shape index (κ1) is 18.1. The molecule has 0 atom stereocenters. The number of pyridine rings is 1. The number of aromatic carboxylic acids is 1. The molecule has 1 aromatic heterocycles. The van der Waals surface area contributed by atoms with Gasteiger partial charge in [-0.1, -0.05) is 24.3 Å². The van der Waals surface area contributed by atoms with Gasteiger partial charge >= 0.3 is 5.97 Å². The van der Waals surface area contributed by atoms with Gasteiger partial charge in [0.05, 0.1) is 12.0 Å². The Morgan fingerprint density at radius 2 is 1.88 bits per heavy atom. The number of carbonyl (C=O) groups is 2. The largest absolute Gasteiger partial charge is 0.478 e. The zero-order chi connectivity index (χ0) is 18.5. The summed E-state index contributed by atoms with van der Waals surface area (Å²) >= 11 is 0. The van der Waals surface area contributed by atoms with E-state index in [1.807, 2.05) is 36.1 Å². The number of carboxylic acid groups (broad SMARTS) is 1. The summed E-state index contributed by atoms with van der Waals surface area (Å²) in [6, 6.07) is 11.1. The van der Waals surface area contributed by atoms with E-state index in [1.165, 1.54) is 0 Å². The van der Waals surface area contributed by atoms with Crippen molar-refractivity contribution in [3.8, 4) is 0 Å². The number of carboxylic acids is 1. The number of nitrogens with zero attached hydrogens (tertiary/aromatic N) is 2. The van der Waals surface area contributed by atoms with Crippen LogP contribution in [0.15, 0.2) is 42.6 Å². The average Bonchev–Trinajstić information content (AvgIpc) is 2.64. The zero-order valence-electron chi connectivity index (χ0n) is 15.0. The molecule has 1 fully saturated rings. The second-order valence-corrected chi connectivity index (χ2v) is 6.98. The predicted octanol–water partition coefficient (Wildman–Crippen LogP) is 3.11. The maximum absolute atomic E-state index is 12.5. The van der Waals surface area contributed by atoms with E-state index in [9.17, 15) is 14.7 Å². The summed E-state index contributed by atoms with van der Waals surface area (Å²) in [5.74, 6) is -0.319. The van der Waals surface area contributed by atoms with Crippen LogP contribution in [0.5, 0.6) is 0 Å². The molecule has 3 rings (SSSR count). The molecular formula is C21H24N2O3. The molecule has 1 aliphatic rings. The fraction of sp³-hybridized carbons (Fsp3) is 0.381. The molecular weight excluding hydrogens is 328 g/mol. The number of amides is 1. The van der Waals surface area contributed by atoms with Crippen molar-refractivity contribution in [1.82, 2.24) is 9.88 Å².